The number of alkyl halides is 1. The molecule has 1 aromatic carbocycles. The van der Waals surface area contributed by atoms with Crippen molar-refractivity contribution in [2.75, 3.05) is 18.8 Å². The quantitative estimate of drug-likeness (QED) is 0.331. The number of benzene rings is 1. The molecule has 0 fully saturated rings. The second kappa shape index (κ2) is 9.65. The van der Waals surface area contributed by atoms with E-state index < -0.39 is 11.2 Å². The lowest BCUT2D eigenvalue weighted by molar-refractivity contribution is 0.0932. The molecule has 0 saturated heterocycles. The van der Waals surface area contributed by atoms with Crippen molar-refractivity contribution in [3.8, 4) is 0 Å². The zero-order valence-electron chi connectivity index (χ0n) is 14.2. The average Bonchev–Trinajstić information content (AvgIpc) is 2.63. The van der Waals surface area contributed by atoms with Crippen molar-refractivity contribution in [3.05, 3.63) is 59.7 Å². The van der Waals surface area contributed by atoms with Crippen LogP contribution in [-0.4, -0.2) is 35.7 Å². The third-order valence-electron chi connectivity index (χ3n) is 3.38. The molecule has 0 bridgehead atoms. The van der Waals surface area contributed by atoms with Gasteiger partial charge in [0.15, 0.2) is 5.06 Å². The second-order valence-electron chi connectivity index (χ2n) is 5.19. The van der Waals surface area contributed by atoms with Crippen molar-refractivity contribution in [3.63, 3.8) is 0 Å². The molecule has 0 radical (unpaired) electrons. The molecule has 1 aliphatic rings. The van der Waals surface area contributed by atoms with Crippen molar-refractivity contribution in [2.24, 2.45) is 5.10 Å². The highest BCUT2D eigenvalue weighted by atomic mass is 35.5. The molecule has 5 nitrogen and oxygen atoms in total. The molecule has 0 aliphatic heterocycles. The van der Waals surface area contributed by atoms with E-state index in [0.717, 1.165) is 11.1 Å². The SMILES string of the molecule is CCOC(=O)NN=C(C1=CCC(Cl)(OCSC)C=C1)c1ccccc1. The van der Waals surface area contributed by atoms with Gasteiger partial charge in [0.25, 0.3) is 0 Å². The number of hydrogen-bond acceptors (Lipinski definition) is 5. The van der Waals surface area contributed by atoms with Crippen LogP contribution in [0.25, 0.3) is 0 Å². The number of carbonyl (C=O) groups is 1. The standard InChI is InChI=1S/C18H21ClN2O3S/c1-3-23-17(22)21-20-16(14-7-5-4-6-8-14)15-9-11-18(19,12-10-15)24-13-25-2/h4-11H,3,12-13H2,1-2H3,(H,21,22). The minimum Gasteiger partial charge on any atom is -0.449 e. The molecule has 1 amide bonds. The van der Waals surface area contributed by atoms with E-state index in [1.807, 2.05) is 54.8 Å². The van der Waals surface area contributed by atoms with Crippen LogP contribution in [0.15, 0.2) is 59.2 Å². The maximum Gasteiger partial charge on any atom is 0.427 e. The molecule has 0 heterocycles. The number of halogens is 1. The first-order valence-electron chi connectivity index (χ1n) is 7.85. The molecule has 1 atom stereocenters. The van der Waals surface area contributed by atoms with Crippen LogP contribution in [0.1, 0.15) is 18.9 Å². The van der Waals surface area contributed by atoms with Crippen molar-refractivity contribution in [1.29, 1.82) is 0 Å². The number of allylic oxidation sites excluding steroid dienone is 2. The number of nitrogens with one attached hydrogen (secondary N) is 1. The number of hydrazone groups is 1. The summed E-state index contributed by atoms with van der Waals surface area (Å²) >= 11 is 8.01. The van der Waals surface area contributed by atoms with Gasteiger partial charge in [0.05, 0.1) is 18.3 Å². The smallest absolute Gasteiger partial charge is 0.427 e. The summed E-state index contributed by atoms with van der Waals surface area (Å²) < 4.78 is 10.5. The Labute approximate surface area is 157 Å². The first-order chi connectivity index (χ1) is 12.1. The van der Waals surface area contributed by atoms with Crippen molar-refractivity contribution in [2.45, 2.75) is 18.4 Å². The normalized spacial score (nSPS) is 20.1. The zero-order valence-corrected chi connectivity index (χ0v) is 15.8. The molecule has 134 valence electrons. The highest BCUT2D eigenvalue weighted by Crippen LogP contribution is 2.31. The summed E-state index contributed by atoms with van der Waals surface area (Å²) in [6, 6.07) is 9.59. The molecule has 7 heteroatoms. The first kappa shape index (κ1) is 19.6. The molecule has 2 rings (SSSR count). The molecule has 0 spiro atoms. The van der Waals surface area contributed by atoms with Crippen LogP contribution >= 0.6 is 23.4 Å². The number of hydrogen-bond donors (Lipinski definition) is 1. The fourth-order valence-electron chi connectivity index (χ4n) is 2.20. The van der Waals surface area contributed by atoms with Gasteiger partial charge in [-0.2, -0.15) is 5.10 Å². The molecule has 25 heavy (non-hydrogen) atoms. The topological polar surface area (TPSA) is 59.9 Å². The van der Waals surface area contributed by atoms with Gasteiger partial charge in [0, 0.05) is 12.0 Å². The largest absolute Gasteiger partial charge is 0.449 e. The van der Waals surface area contributed by atoms with Gasteiger partial charge in [-0.3, -0.25) is 0 Å². The fourth-order valence-corrected chi connectivity index (χ4v) is 2.78. The second-order valence-corrected chi connectivity index (χ2v) is 6.65. The van der Waals surface area contributed by atoms with Crippen LogP contribution in [-0.2, 0) is 9.47 Å². The summed E-state index contributed by atoms with van der Waals surface area (Å²) in [5.74, 6) is 0.515. The monoisotopic (exact) mass is 380 g/mol. The van der Waals surface area contributed by atoms with Gasteiger partial charge in [0.1, 0.15) is 0 Å². The van der Waals surface area contributed by atoms with Crippen molar-refractivity contribution in [1.82, 2.24) is 5.43 Å². The molecule has 1 aliphatic carbocycles. The summed E-state index contributed by atoms with van der Waals surface area (Å²) in [6.45, 7) is 2.02. The highest BCUT2D eigenvalue weighted by Gasteiger charge is 2.27. The number of carbonyl (C=O) groups excluding carboxylic acids is 1. The summed E-state index contributed by atoms with van der Waals surface area (Å²) in [4.78, 5) is 11.6. The maximum absolute atomic E-state index is 11.6. The fraction of sp³-hybridized carbons (Fsp3) is 0.333. The molecule has 1 N–H and O–H groups in total. The minimum absolute atomic E-state index is 0.284. The van der Waals surface area contributed by atoms with E-state index in [9.17, 15) is 4.79 Å². The van der Waals surface area contributed by atoms with Crippen LogP contribution in [0.5, 0.6) is 0 Å². The van der Waals surface area contributed by atoms with E-state index in [0.29, 0.717) is 18.1 Å². The van der Waals surface area contributed by atoms with Crippen LogP contribution in [0, 0.1) is 0 Å². The van der Waals surface area contributed by atoms with Crippen LogP contribution in [0.3, 0.4) is 0 Å². The number of nitrogens with zero attached hydrogens (tertiary/aromatic N) is 1. The van der Waals surface area contributed by atoms with Gasteiger partial charge in [-0.15, -0.1) is 11.8 Å². The minimum atomic E-state index is -0.844. The van der Waals surface area contributed by atoms with Crippen LogP contribution in [0.2, 0.25) is 0 Å². The lowest BCUT2D eigenvalue weighted by Gasteiger charge is -2.25. The number of amides is 1. The Bertz CT molecular complexity index is 676. The van der Waals surface area contributed by atoms with E-state index >= 15 is 0 Å². The maximum atomic E-state index is 11.6. The third-order valence-corrected chi connectivity index (χ3v) is 4.13. The molecule has 1 unspecified atom stereocenters. The average molecular weight is 381 g/mol. The number of rotatable bonds is 7. The number of ether oxygens (including phenoxy) is 2. The van der Waals surface area contributed by atoms with E-state index in [4.69, 9.17) is 21.1 Å². The van der Waals surface area contributed by atoms with Crippen LogP contribution < -0.4 is 5.43 Å². The summed E-state index contributed by atoms with van der Waals surface area (Å²) in [5.41, 5.74) is 4.78. The zero-order chi connectivity index (χ0) is 18.1. The lowest BCUT2D eigenvalue weighted by atomic mass is 9.96. The Morgan fingerprint density at radius 2 is 2.16 bits per heavy atom. The van der Waals surface area contributed by atoms with Gasteiger partial charge < -0.3 is 9.47 Å². The van der Waals surface area contributed by atoms with Crippen molar-refractivity contribution >= 4 is 35.2 Å². The van der Waals surface area contributed by atoms with Crippen molar-refractivity contribution < 1.29 is 14.3 Å². The Morgan fingerprint density at radius 1 is 1.40 bits per heavy atom. The van der Waals surface area contributed by atoms with Gasteiger partial charge in [0.2, 0.25) is 0 Å². The number of thioether (sulfide) groups is 1. The molecular formula is C18H21ClN2O3S. The Balaban J connectivity index is 2.21. The Morgan fingerprint density at radius 3 is 2.76 bits per heavy atom. The van der Waals surface area contributed by atoms with Gasteiger partial charge in [-0.05, 0) is 24.8 Å². The Hall–Kier alpha value is -1.76. The molecule has 0 saturated carbocycles. The molecule has 0 aromatic heterocycles. The lowest BCUT2D eigenvalue weighted by Crippen LogP contribution is -2.26. The predicted octanol–water partition coefficient (Wildman–Crippen LogP) is 4.30. The third kappa shape index (κ3) is 5.92. The van der Waals surface area contributed by atoms with E-state index in [2.05, 4.69) is 10.5 Å². The molecular weight excluding hydrogens is 360 g/mol. The molecule has 1 aromatic rings. The van der Waals surface area contributed by atoms with Gasteiger partial charge in [-0.1, -0.05) is 54.1 Å². The summed E-state index contributed by atoms with van der Waals surface area (Å²) in [6.07, 6.45) is 7.48. The van der Waals surface area contributed by atoms with Gasteiger partial charge in [-0.25, -0.2) is 10.2 Å². The summed E-state index contributed by atoms with van der Waals surface area (Å²) in [7, 11) is 0. The van der Waals surface area contributed by atoms with E-state index in [1.165, 1.54) is 0 Å². The van der Waals surface area contributed by atoms with Gasteiger partial charge >= 0.3 is 6.09 Å². The van der Waals surface area contributed by atoms with E-state index in [-0.39, 0.29) is 6.61 Å². The Kier molecular flexibility index (Phi) is 7.55. The first-order valence-corrected chi connectivity index (χ1v) is 9.62. The highest BCUT2D eigenvalue weighted by molar-refractivity contribution is 7.98. The predicted molar refractivity (Wildman–Crippen MR) is 103 cm³/mol. The van der Waals surface area contributed by atoms with Crippen LogP contribution in [0.4, 0.5) is 4.79 Å². The summed E-state index contributed by atoms with van der Waals surface area (Å²) in [5, 5.41) is 3.39. The van der Waals surface area contributed by atoms with E-state index in [1.54, 1.807) is 18.7 Å².